The van der Waals surface area contributed by atoms with Crippen LogP contribution in [0.3, 0.4) is 0 Å². The van der Waals surface area contributed by atoms with Crippen LogP contribution in [0.4, 0.5) is 17.6 Å². The molecule has 0 spiro atoms. The molecule has 1 aromatic carbocycles. The van der Waals surface area contributed by atoms with Crippen molar-refractivity contribution in [3.63, 3.8) is 0 Å². The van der Waals surface area contributed by atoms with E-state index in [0.717, 1.165) is 0 Å². The Bertz CT molecular complexity index is 649. The first-order valence-electron chi connectivity index (χ1n) is 8.55. The Balaban J connectivity index is 2.23. The summed E-state index contributed by atoms with van der Waals surface area (Å²) >= 11 is 0. The van der Waals surface area contributed by atoms with Gasteiger partial charge < -0.3 is 10.0 Å². The number of β-amino-alcohol motifs (C(OH)–C–C–N with tert-alkyl or cyclic N) is 1. The molecule has 0 radical (unpaired) electrons. The molecule has 1 fully saturated rings. The van der Waals surface area contributed by atoms with Crippen LogP contribution in [0.5, 0.6) is 0 Å². The van der Waals surface area contributed by atoms with Crippen LogP contribution in [0, 0.1) is 11.7 Å². The Kier molecular flexibility index (Phi) is 6.29. The number of aliphatic hydroxyl groups excluding tert-OH is 1. The van der Waals surface area contributed by atoms with Crippen molar-refractivity contribution in [1.29, 1.82) is 0 Å². The summed E-state index contributed by atoms with van der Waals surface area (Å²) in [5, 5.41) is 9.64. The number of carbonyl (C=O) groups excluding carboxylic acids is 1. The van der Waals surface area contributed by atoms with Gasteiger partial charge in [-0.2, -0.15) is 13.2 Å². The highest BCUT2D eigenvalue weighted by Crippen LogP contribution is 2.31. The van der Waals surface area contributed by atoms with Crippen LogP contribution in [0.25, 0.3) is 0 Å². The van der Waals surface area contributed by atoms with Gasteiger partial charge in [-0.1, -0.05) is 13.8 Å². The van der Waals surface area contributed by atoms with E-state index in [0.29, 0.717) is 44.3 Å². The van der Waals surface area contributed by atoms with Crippen molar-refractivity contribution in [1.82, 2.24) is 9.80 Å². The van der Waals surface area contributed by atoms with Gasteiger partial charge in [-0.15, -0.1) is 0 Å². The fourth-order valence-corrected chi connectivity index (χ4v) is 3.23. The van der Waals surface area contributed by atoms with Crippen LogP contribution in [0.2, 0.25) is 0 Å². The summed E-state index contributed by atoms with van der Waals surface area (Å²) in [7, 11) is 1.47. The number of nitrogens with zero attached hydrogens (tertiary/aromatic N) is 2. The molecule has 0 bridgehead atoms. The maximum absolute atomic E-state index is 14.0. The fourth-order valence-electron chi connectivity index (χ4n) is 3.23. The van der Waals surface area contributed by atoms with E-state index in [-0.39, 0.29) is 12.0 Å². The third kappa shape index (κ3) is 4.73. The molecule has 1 saturated heterocycles. The number of rotatable bonds is 5. The SMILES string of the molecule is CC(C)[C@@H](CN1CC[C@H](O)C1)N(C)C(=O)c1cc(C(F)(F)F)ccc1F. The van der Waals surface area contributed by atoms with Gasteiger partial charge >= 0.3 is 6.18 Å². The van der Waals surface area contributed by atoms with Crippen LogP contribution >= 0.6 is 0 Å². The van der Waals surface area contributed by atoms with E-state index in [9.17, 15) is 27.5 Å². The zero-order chi connectivity index (χ0) is 19.6. The Hall–Kier alpha value is -1.67. The number of aliphatic hydroxyl groups is 1. The van der Waals surface area contributed by atoms with E-state index in [1.165, 1.54) is 11.9 Å². The van der Waals surface area contributed by atoms with E-state index < -0.39 is 35.1 Å². The quantitative estimate of drug-likeness (QED) is 0.804. The van der Waals surface area contributed by atoms with Crippen molar-refractivity contribution >= 4 is 5.91 Å². The number of carbonyl (C=O) groups is 1. The number of likely N-dealkylation sites (tertiary alicyclic amines) is 1. The highest BCUT2D eigenvalue weighted by Gasteiger charge is 2.34. The third-order valence-corrected chi connectivity index (χ3v) is 4.80. The summed E-state index contributed by atoms with van der Waals surface area (Å²) in [6.07, 6.45) is -4.42. The summed E-state index contributed by atoms with van der Waals surface area (Å²) in [4.78, 5) is 16.0. The van der Waals surface area contributed by atoms with Gasteiger partial charge in [0.2, 0.25) is 0 Å². The first-order valence-corrected chi connectivity index (χ1v) is 8.55. The van der Waals surface area contributed by atoms with E-state index in [1.54, 1.807) is 0 Å². The van der Waals surface area contributed by atoms with Crippen molar-refractivity contribution in [3.8, 4) is 0 Å². The van der Waals surface area contributed by atoms with Crippen LogP contribution < -0.4 is 0 Å². The largest absolute Gasteiger partial charge is 0.416 e. The Labute approximate surface area is 150 Å². The van der Waals surface area contributed by atoms with Gasteiger partial charge in [0.1, 0.15) is 5.82 Å². The molecule has 146 valence electrons. The van der Waals surface area contributed by atoms with Gasteiger partial charge in [-0.25, -0.2) is 4.39 Å². The summed E-state index contributed by atoms with van der Waals surface area (Å²) in [6.45, 7) is 5.43. The molecule has 2 rings (SSSR count). The molecule has 8 heteroatoms. The number of amides is 1. The molecule has 0 aromatic heterocycles. The summed E-state index contributed by atoms with van der Waals surface area (Å²) in [5.41, 5.74) is -1.64. The van der Waals surface area contributed by atoms with Gasteiger partial charge in [0.05, 0.1) is 17.2 Å². The number of likely N-dealkylation sites (N-methyl/N-ethyl adjacent to an activating group) is 1. The minimum Gasteiger partial charge on any atom is -0.392 e. The Morgan fingerprint density at radius 2 is 2.04 bits per heavy atom. The molecule has 2 atom stereocenters. The summed E-state index contributed by atoms with van der Waals surface area (Å²) < 4.78 is 52.7. The molecule has 0 saturated carbocycles. The van der Waals surface area contributed by atoms with E-state index in [2.05, 4.69) is 0 Å². The number of benzene rings is 1. The van der Waals surface area contributed by atoms with E-state index >= 15 is 0 Å². The maximum Gasteiger partial charge on any atom is 0.416 e. The van der Waals surface area contributed by atoms with Crippen LogP contribution in [-0.4, -0.2) is 59.6 Å². The normalized spacial score (nSPS) is 19.8. The Morgan fingerprint density at radius 1 is 1.38 bits per heavy atom. The molecule has 26 heavy (non-hydrogen) atoms. The zero-order valence-corrected chi connectivity index (χ0v) is 15.1. The molecule has 0 unspecified atom stereocenters. The Morgan fingerprint density at radius 3 is 2.54 bits per heavy atom. The lowest BCUT2D eigenvalue weighted by atomic mass is 10.0. The second-order valence-electron chi connectivity index (χ2n) is 7.12. The van der Waals surface area contributed by atoms with Crippen molar-refractivity contribution in [3.05, 3.63) is 35.1 Å². The van der Waals surface area contributed by atoms with Crippen LogP contribution in [-0.2, 0) is 6.18 Å². The van der Waals surface area contributed by atoms with Crippen LogP contribution in [0.15, 0.2) is 18.2 Å². The molecular weight excluding hydrogens is 352 g/mol. The molecule has 1 heterocycles. The number of hydrogen-bond donors (Lipinski definition) is 1. The second-order valence-corrected chi connectivity index (χ2v) is 7.12. The average Bonchev–Trinajstić information content (AvgIpc) is 2.95. The lowest BCUT2D eigenvalue weighted by Crippen LogP contribution is -2.47. The van der Waals surface area contributed by atoms with Crippen molar-refractivity contribution in [2.45, 2.75) is 38.6 Å². The monoisotopic (exact) mass is 376 g/mol. The second kappa shape index (κ2) is 7.92. The highest BCUT2D eigenvalue weighted by atomic mass is 19.4. The van der Waals surface area contributed by atoms with Gasteiger partial charge in [0, 0.05) is 32.7 Å². The molecule has 0 aliphatic carbocycles. The van der Waals surface area contributed by atoms with Gasteiger partial charge in [0.15, 0.2) is 0 Å². The van der Waals surface area contributed by atoms with Gasteiger partial charge in [0.25, 0.3) is 5.91 Å². The number of hydrogen-bond acceptors (Lipinski definition) is 3. The van der Waals surface area contributed by atoms with E-state index in [1.807, 2.05) is 18.7 Å². The van der Waals surface area contributed by atoms with Crippen molar-refractivity contribution in [2.75, 3.05) is 26.7 Å². The highest BCUT2D eigenvalue weighted by molar-refractivity contribution is 5.94. The zero-order valence-electron chi connectivity index (χ0n) is 15.1. The predicted octanol–water partition coefficient (Wildman–Crippen LogP) is 3.01. The van der Waals surface area contributed by atoms with Crippen molar-refractivity contribution in [2.24, 2.45) is 5.92 Å². The predicted molar refractivity (Wildman–Crippen MR) is 89.2 cm³/mol. The third-order valence-electron chi connectivity index (χ3n) is 4.80. The minimum atomic E-state index is -4.65. The summed E-state index contributed by atoms with van der Waals surface area (Å²) in [5.74, 6) is -1.75. The first kappa shape index (κ1) is 20.6. The smallest absolute Gasteiger partial charge is 0.392 e. The van der Waals surface area contributed by atoms with Gasteiger partial charge in [-0.3, -0.25) is 9.69 Å². The summed E-state index contributed by atoms with van der Waals surface area (Å²) in [6, 6.07) is 1.54. The fraction of sp³-hybridized carbons (Fsp3) is 0.611. The minimum absolute atomic E-state index is 0.00977. The lowest BCUT2D eigenvalue weighted by Gasteiger charge is -2.34. The number of halogens is 4. The molecule has 1 amide bonds. The first-order chi connectivity index (χ1) is 12.0. The molecule has 4 nitrogen and oxygen atoms in total. The average molecular weight is 376 g/mol. The van der Waals surface area contributed by atoms with Crippen molar-refractivity contribution < 1.29 is 27.5 Å². The molecule has 1 N–H and O–H groups in total. The molecule has 1 aliphatic rings. The topological polar surface area (TPSA) is 43.8 Å². The number of alkyl halides is 3. The lowest BCUT2D eigenvalue weighted by molar-refractivity contribution is -0.137. The maximum atomic E-state index is 14.0. The van der Waals surface area contributed by atoms with Gasteiger partial charge in [-0.05, 0) is 30.5 Å². The van der Waals surface area contributed by atoms with Crippen LogP contribution in [0.1, 0.15) is 36.2 Å². The standard InChI is InChI=1S/C18H24F4N2O2/c1-11(2)16(10-24-7-6-13(25)9-24)23(3)17(26)14-8-12(18(20,21)22)4-5-15(14)19/h4-5,8,11,13,16,25H,6-7,9-10H2,1-3H3/t13-,16+/m0/s1. The van der Waals surface area contributed by atoms with E-state index in [4.69, 9.17) is 0 Å². The molecule has 1 aromatic rings. The molecule has 1 aliphatic heterocycles. The molecular formula is C18H24F4N2O2.